The van der Waals surface area contributed by atoms with Gasteiger partial charge in [0.25, 0.3) is 5.91 Å². The van der Waals surface area contributed by atoms with E-state index in [0.717, 1.165) is 28.7 Å². The van der Waals surface area contributed by atoms with E-state index < -0.39 is 0 Å². The SMILES string of the molecule is C.Cc1ccccc1C(=O)NCCCCNc1cc(-c2ccccc2O)nc2c(Br)cnn12. The number of phenolic OH excluding ortho intramolecular Hbond substituents is 1. The van der Waals surface area contributed by atoms with Gasteiger partial charge in [0, 0.05) is 30.3 Å². The maximum atomic E-state index is 12.3. The Bertz CT molecular complexity index is 1250. The van der Waals surface area contributed by atoms with Crippen LogP contribution < -0.4 is 10.6 Å². The standard InChI is InChI=1S/C24H24BrN5O2.CH4/c1-16-8-2-3-9-17(16)24(32)27-13-7-6-12-26-22-14-20(18-10-4-5-11-21(18)31)29-23-19(25)15-28-30(22)23;/h2-5,8-11,14-15,26,31H,6-7,12-13H2,1H3,(H,27,32);1H4. The average Bonchev–Trinajstić information content (AvgIpc) is 3.17. The molecule has 0 aliphatic rings. The van der Waals surface area contributed by atoms with Gasteiger partial charge in [-0.1, -0.05) is 37.8 Å². The first-order valence-electron chi connectivity index (χ1n) is 10.4. The van der Waals surface area contributed by atoms with Crippen molar-refractivity contribution in [2.75, 3.05) is 18.4 Å². The molecule has 2 heterocycles. The monoisotopic (exact) mass is 509 g/mol. The number of hydrogen-bond acceptors (Lipinski definition) is 5. The van der Waals surface area contributed by atoms with Crippen LogP contribution in [0, 0.1) is 6.92 Å². The Hall–Kier alpha value is -3.39. The molecule has 0 unspecified atom stereocenters. The van der Waals surface area contributed by atoms with Crippen LogP contribution >= 0.6 is 15.9 Å². The van der Waals surface area contributed by atoms with Crippen LogP contribution in [0.15, 0.2) is 65.3 Å². The van der Waals surface area contributed by atoms with Crippen molar-refractivity contribution in [2.24, 2.45) is 0 Å². The second-order valence-electron chi connectivity index (χ2n) is 7.48. The van der Waals surface area contributed by atoms with Crippen LogP contribution in [0.4, 0.5) is 5.82 Å². The number of amides is 1. The first kappa shape index (κ1) is 24.3. The molecule has 0 aliphatic heterocycles. The van der Waals surface area contributed by atoms with Gasteiger partial charge in [-0.15, -0.1) is 0 Å². The van der Waals surface area contributed by atoms with E-state index in [0.29, 0.717) is 35.6 Å². The Morgan fingerprint density at radius 3 is 2.61 bits per heavy atom. The minimum Gasteiger partial charge on any atom is -0.507 e. The third-order valence-corrected chi connectivity index (χ3v) is 5.75. The summed E-state index contributed by atoms with van der Waals surface area (Å²) in [6.45, 7) is 3.25. The van der Waals surface area contributed by atoms with Crippen LogP contribution in [-0.2, 0) is 0 Å². The zero-order chi connectivity index (χ0) is 22.5. The van der Waals surface area contributed by atoms with Gasteiger partial charge in [-0.2, -0.15) is 9.61 Å². The van der Waals surface area contributed by atoms with Crippen molar-refractivity contribution in [2.45, 2.75) is 27.2 Å². The van der Waals surface area contributed by atoms with Crippen molar-refractivity contribution >= 4 is 33.3 Å². The highest BCUT2D eigenvalue weighted by molar-refractivity contribution is 9.10. The minimum atomic E-state index is -0.0411. The van der Waals surface area contributed by atoms with Crippen molar-refractivity contribution in [3.8, 4) is 17.0 Å². The lowest BCUT2D eigenvalue weighted by molar-refractivity contribution is 0.0952. The Labute approximate surface area is 202 Å². The molecule has 7 nitrogen and oxygen atoms in total. The Morgan fingerprint density at radius 1 is 1.09 bits per heavy atom. The van der Waals surface area contributed by atoms with Crippen LogP contribution in [0.1, 0.15) is 36.2 Å². The molecule has 0 spiro atoms. The van der Waals surface area contributed by atoms with Gasteiger partial charge >= 0.3 is 0 Å². The number of benzene rings is 2. The summed E-state index contributed by atoms with van der Waals surface area (Å²) in [5, 5.41) is 21.0. The molecule has 172 valence electrons. The lowest BCUT2D eigenvalue weighted by atomic mass is 10.1. The molecule has 0 atom stereocenters. The van der Waals surface area contributed by atoms with Gasteiger partial charge < -0.3 is 15.7 Å². The minimum absolute atomic E-state index is 0. The molecule has 3 N–H and O–H groups in total. The number of fused-ring (bicyclic) bond motifs is 1. The van der Waals surface area contributed by atoms with Gasteiger partial charge in [0.05, 0.1) is 16.4 Å². The second-order valence-corrected chi connectivity index (χ2v) is 8.33. The molecule has 1 amide bonds. The number of unbranched alkanes of at least 4 members (excludes halogenated alkanes) is 1. The number of anilines is 1. The lowest BCUT2D eigenvalue weighted by Gasteiger charge is -2.12. The molecular formula is C25H28BrN5O2. The highest BCUT2D eigenvalue weighted by Crippen LogP contribution is 2.31. The van der Waals surface area contributed by atoms with Crippen molar-refractivity contribution in [3.63, 3.8) is 0 Å². The molecule has 2 aromatic heterocycles. The number of aromatic hydroxyl groups is 1. The van der Waals surface area contributed by atoms with Crippen LogP contribution in [0.3, 0.4) is 0 Å². The summed E-state index contributed by atoms with van der Waals surface area (Å²) in [5.74, 6) is 0.916. The summed E-state index contributed by atoms with van der Waals surface area (Å²) in [6, 6.07) is 16.6. The largest absolute Gasteiger partial charge is 0.507 e. The van der Waals surface area contributed by atoms with Crippen LogP contribution in [-0.4, -0.2) is 38.7 Å². The molecule has 0 fully saturated rings. The number of halogens is 1. The molecule has 4 aromatic rings. The van der Waals surface area contributed by atoms with Gasteiger partial charge in [-0.25, -0.2) is 4.98 Å². The number of carbonyl (C=O) groups excluding carboxylic acids is 1. The molecular weight excluding hydrogens is 482 g/mol. The summed E-state index contributed by atoms with van der Waals surface area (Å²) >= 11 is 3.49. The van der Waals surface area contributed by atoms with Gasteiger partial charge in [0.15, 0.2) is 5.65 Å². The fourth-order valence-electron chi connectivity index (χ4n) is 3.48. The van der Waals surface area contributed by atoms with Gasteiger partial charge in [-0.3, -0.25) is 4.79 Å². The van der Waals surface area contributed by atoms with E-state index >= 15 is 0 Å². The van der Waals surface area contributed by atoms with Gasteiger partial charge in [0.1, 0.15) is 11.6 Å². The molecule has 2 aromatic carbocycles. The number of hydrogen-bond donors (Lipinski definition) is 3. The number of para-hydroxylation sites is 1. The average molecular weight is 510 g/mol. The van der Waals surface area contributed by atoms with Crippen LogP contribution in [0.2, 0.25) is 0 Å². The lowest BCUT2D eigenvalue weighted by Crippen LogP contribution is -2.25. The molecule has 0 saturated heterocycles. The fraction of sp³-hybridized carbons (Fsp3) is 0.240. The highest BCUT2D eigenvalue weighted by Gasteiger charge is 2.13. The second kappa shape index (κ2) is 11.0. The van der Waals surface area contributed by atoms with Crippen LogP contribution in [0.5, 0.6) is 5.75 Å². The van der Waals surface area contributed by atoms with Crippen molar-refractivity contribution in [1.29, 1.82) is 0 Å². The third-order valence-electron chi connectivity index (χ3n) is 5.19. The molecule has 0 saturated carbocycles. The van der Waals surface area contributed by atoms with Crippen molar-refractivity contribution in [3.05, 3.63) is 76.4 Å². The predicted octanol–water partition coefficient (Wildman–Crippen LogP) is 5.43. The summed E-state index contributed by atoms with van der Waals surface area (Å²) in [5.41, 5.74) is 3.67. The maximum Gasteiger partial charge on any atom is 0.251 e. The zero-order valence-corrected chi connectivity index (χ0v) is 19.3. The number of aromatic nitrogens is 3. The van der Waals surface area contributed by atoms with E-state index in [-0.39, 0.29) is 19.1 Å². The number of phenols is 1. The molecule has 0 radical (unpaired) electrons. The number of nitrogens with one attached hydrogen (secondary N) is 2. The molecule has 0 aliphatic carbocycles. The van der Waals surface area contributed by atoms with Gasteiger partial charge in [-0.05, 0) is 59.5 Å². The number of carbonyl (C=O) groups is 1. The first-order chi connectivity index (χ1) is 15.5. The summed E-state index contributed by atoms with van der Waals surface area (Å²) < 4.78 is 2.50. The predicted molar refractivity (Wildman–Crippen MR) is 136 cm³/mol. The Kier molecular flexibility index (Phi) is 8.06. The highest BCUT2D eigenvalue weighted by atomic mass is 79.9. The van der Waals surface area contributed by atoms with Crippen molar-refractivity contribution in [1.82, 2.24) is 19.9 Å². The van der Waals surface area contributed by atoms with Crippen molar-refractivity contribution < 1.29 is 9.90 Å². The third kappa shape index (κ3) is 5.51. The topological polar surface area (TPSA) is 91.5 Å². The quantitative estimate of drug-likeness (QED) is 0.275. The van der Waals surface area contributed by atoms with E-state index in [9.17, 15) is 9.90 Å². The summed E-state index contributed by atoms with van der Waals surface area (Å²) in [6.07, 6.45) is 3.41. The van der Waals surface area contributed by atoms with E-state index in [2.05, 4.69) is 36.6 Å². The normalized spacial score (nSPS) is 10.6. The van der Waals surface area contributed by atoms with E-state index in [4.69, 9.17) is 0 Å². The molecule has 0 bridgehead atoms. The smallest absolute Gasteiger partial charge is 0.251 e. The van der Waals surface area contributed by atoms with E-state index in [1.165, 1.54) is 0 Å². The first-order valence-corrected chi connectivity index (χ1v) is 11.2. The molecule has 8 heteroatoms. The Morgan fingerprint density at radius 2 is 1.82 bits per heavy atom. The maximum absolute atomic E-state index is 12.3. The number of rotatable bonds is 8. The fourth-order valence-corrected chi connectivity index (χ4v) is 3.83. The van der Waals surface area contributed by atoms with E-state index in [1.807, 2.05) is 49.4 Å². The summed E-state index contributed by atoms with van der Waals surface area (Å²) in [4.78, 5) is 16.9. The van der Waals surface area contributed by atoms with Gasteiger partial charge in [0.2, 0.25) is 0 Å². The van der Waals surface area contributed by atoms with E-state index in [1.54, 1.807) is 22.8 Å². The molecule has 4 rings (SSSR count). The Balaban J connectivity index is 0.00000306. The van der Waals surface area contributed by atoms with Crippen LogP contribution in [0.25, 0.3) is 16.9 Å². The summed E-state index contributed by atoms with van der Waals surface area (Å²) in [7, 11) is 0. The zero-order valence-electron chi connectivity index (χ0n) is 17.7. The number of aryl methyl sites for hydroxylation is 1. The molecule has 33 heavy (non-hydrogen) atoms. The number of nitrogens with zero attached hydrogens (tertiary/aromatic N) is 3.